The number of aryl methyl sites for hydroxylation is 1. The van der Waals surface area contributed by atoms with Gasteiger partial charge in [-0.3, -0.25) is 19.3 Å². The van der Waals surface area contributed by atoms with Gasteiger partial charge in [-0.1, -0.05) is 12.1 Å². The molecule has 0 spiro atoms. The molecule has 1 N–H and O–H groups in total. The maximum absolute atomic E-state index is 12.2. The van der Waals surface area contributed by atoms with E-state index in [2.05, 4.69) is 5.32 Å². The quantitative estimate of drug-likeness (QED) is 0.866. The van der Waals surface area contributed by atoms with E-state index in [1.165, 1.54) is 11.8 Å². The predicted octanol–water partition coefficient (Wildman–Crippen LogP) is 2.12. The van der Waals surface area contributed by atoms with Gasteiger partial charge in [-0.25, -0.2) is 0 Å². The van der Waals surface area contributed by atoms with E-state index in [-0.39, 0.29) is 34.8 Å². The second-order valence-electron chi connectivity index (χ2n) is 5.48. The summed E-state index contributed by atoms with van der Waals surface area (Å²) in [5, 5.41) is 2.17. The molecular weight excluding hydrogens is 300 g/mol. The van der Waals surface area contributed by atoms with Gasteiger partial charge in [0, 0.05) is 5.69 Å². The van der Waals surface area contributed by atoms with Crippen LogP contribution in [0.4, 0.5) is 5.69 Å². The Morgan fingerprint density at radius 2 is 1.77 bits per heavy atom. The number of nitrogens with zero attached hydrogens (tertiary/aromatic N) is 1. The summed E-state index contributed by atoms with van der Waals surface area (Å²) < 4.78 is 0. The van der Waals surface area contributed by atoms with Crippen LogP contribution in [0.2, 0.25) is 0 Å². The van der Waals surface area contributed by atoms with Crippen LogP contribution in [-0.4, -0.2) is 39.7 Å². The minimum Gasteiger partial charge on any atom is -0.324 e. The number of amides is 3. The smallest absolute Gasteiger partial charge is 0.244 e. The molecule has 22 heavy (non-hydrogen) atoms. The lowest BCUT2D eigenvalue weighted by molar-refractivity contribution is -0.147. The van der Waals surface area contributed by atoms with Crippen molar-refractivity contribution >= 4 is 35.2 Å². The van der Waals surface area contributed by atoms with Crippen molar-refractivity contribution in [3.8, 4) is 0 Å². The van der Waals surface area contributed by atoms with Gasteiger partial charge in [0.15, 0.2) is 0 Å². The van der Waals surface area contributed by atoms with Gasteiger partial charge in [-0.15, -0.1) is 11.8 Å². The molecule has 3 amide bonds. The maximum Gasteiger partial charge on any atom is 0.244 e. The molecule has 1 aromatic carbocycles. The third-order valence-electron chi connectivity index (χ3n) is 3.82. The Balaban J connectivity index is 2.09. The predicted molar refractivity (Wildman–Crippen MR) is 87.8 cm³/mol. The Morgan fingerprint density at radius 3 is 2.36 bits per heavy atom. The highest BCUT2D eigenvalue weighted by Crippen LogP contribution is 2.27. The van der Waals surface area contributed by atoms with Crippen LogP contribution in [-0.2, 0) is 14.4 Å². The Bertz CT molecular complexity index is 610. The van der Waals surface area contributed by atoms with Crippen molar-refractivity contribution in [1.29, 1.82) is 0 Å². The fourth-order valence-electron chi connectivity index (χ4n) is 2.35. The van der Waals surface area contributed by atoms with Gasteiger partial charge < -0.3 is 5.32 Å². The SMILES string of the molecule is Cc1cccc(NC(=O)CN2C(=O)[C@H](C)S[C@@H](C)C2=O)c1C. The fraction of sp³-hybridized carbons (Fsp3) is 0.438. The van der Waals surface area contributed by atoms with E-state index >= 15 is 0 Å². The number of benzene rings is 1. The van der Waals surface area contributed by atoms with Crippen LogP contribution in [0.15, 0.2) is 18.2 Å². The Morgan fingerprint density at radius 1 is 1.18 bits per heavy atom. The van der Waals surface area contributed by atoms with E-state index in [9.17, 15) is 14.4 Å². The Kier molecular flexibility index (Phi) is 4.90. The molecule has 0 aromatic heterocycles. The van der Waals surface area contributed by atoms with Gasteiger partial charge in [-0.2, -0.15) is 0 Å². The molecule has 118 valence electrons. The monoisotopic (exact) mass is 320 g/mol. The molecule has 1 aliphatic rings. The fourth-order valence-corrected chi connectivity index (χ4v) is 3.45. The normalized spacial score (nSPS) is 21.9. The zero-order valence-corrected chi connectivity index (χ0v) is 14.0. The minimum atomic E-state index is -0.360. The van der Waals surface area contributed by atoms with Crippen molar-refractivity contribution < 1.29 is 14.4 Å². The number of carbonyl (C=O) groups is 3. The van der Waals surface area contributed by atoms with Gasteiger partial charge in [0.1, 0.15) is 6.54 Å². The summed E-state index contributed by atoms with van der Waals surface area (Å²) in [4.78, 5) is 37.4. The number of thioether (sulfide) groups is 1. The average Bonchev–Trinajstić information content (AvgIpc) is 2.46. The summed E-state index contributed by atoms with van der Waals surface area (Å²) in [6.07, 6.45) is 0. The van der Waals surface area contributed by atoms with Crippen LogP contribution in [0.1, 0.15) is 25.0 Å². The van der Waals surface area contributed by atoms with Crippen molar-refractivity contribution in [2.45, 2.75) is 38.2 Å². The summed E-state index contributed by atoms with van der Waals surface area (Å²) in [5.41, 5.74) is 2.75. The molecule has 6 heteroatoms. The van der Waals surface area contributed by atoms with Crippen LogP contribution in [0.25, 0.3) is 0 Å². The third kappa shape index (κ3) is 3.32. The van der Waals surface area contributed by atoms with Gasteiger partial charge in [0.05, 0.1) is 10.5 Å². The molecular formula is C16H20N2O3S. The van der Waals surface area contributed by atoms with E-state index in [0.717, 1.165) is 16.0 Å². The molecule has 1 fully saturated rings. The third-order valence-corrected chi connectivity index (χ3v) is 5.04. The van der Waals surface area contributed by atoms with Crippen LogP contribution in [0, 0.1) is 13.8 Å². The zero-order valence-electron chi connectivity index (χ0n) is 13.2. The van der Waals surface area contributed by atoms with Crippen molar-refractivity contribution in [3.05, 3.63) is 29.3 Å². The molecule has 1 aliphatic heterocycles. The molecule has 2 atom stereocenters. The molecule has 0 bridgehead atoms. The number of imide groups is 1. The average molecular weight is 320 g/mol. The number of hydrogen-bond donors (Lipinski definition) is 1. The van der Waals surface area contributed by atoms with E-state index in [1.54, 1.807) is 19.9 Å². The Hall–Kier alpha value is -1.82. The number of rotatable bonds is 3. The summed E-state index contributed by atoms with van der Waals surface area (Å²) in [6.45, 7) is 7.16. The highest BCUT2D eigenvalue weighted by atomic mass is 32.2. The molecule has 1 aromatic rings. The number of hydrogen-bond acceptors (Lipinski definition) is 4. The molecule has 1 heterocycles. The Labute approximate surface area is 134 Å². The van der Waals surface area contributed by atoms with Gasteiger partial charge in [0.2, 0.25) is 17.7 Å². The summed E-state index contributed by atoms with van der Waals surface area (Å²) in [6, 6.07) is 5.63. The van der Waals surface area contributed by atoms with Crippen LogP contribution in [0.3, 0.4) is 0 Å². The summed E-state index contributed by atoms with van der Waals surface area (Å²) >= 11 is 1.32. The topological polar surface area (TPSA) is 66.5 Å². The second-order valence-corrected chi connectivity index (χ2v) is 7.17. The van der Waals surface area contributed by atoms with Crippen LogP contribution >= 0.6 is 11.8 Å². The number of nitrogens with one attached hydrogen (secondary N) is 1. The highest BCUT2D eigenvalue weighted by molar-refractivity contribution is 8.02. The largest absolute Gasteiger partial charge is 0.324 e. The van der Waals surface area contributed by atoms with E-state index in [0.29, 0.717) is 5.69 Å². The highest BCUT2D eigenvalue weighted by Gasteiger charge is 2.38. The number of anilines is 1. The molecule has 0 saturated carbocycles. The van der Waals surface area contributed by atoms with E-state index in [1.807, 2.05) is 26.0 Å². The molecule has 1 saturated heterocycles. The lowest BCUT2D eigenvalue weighted by atomic mass is 10.1. The molecule has 5 nitrogen and oxygen atoms in total. The zero-order chi connectivity index (χ0) is 16.4. The van der Waals surface area contributed by atoms with Crippen molar-refractivity contribution in [2.24, 2.45) is 0 Å². The molecule has 0 radical (unpaired) electrons. The van der Waals surface area contributed by atoms with Gasteiger partial charge in [-0.05, 0) is 44.9 Å². The minimum absolute atomic E-state index is 0.236. The summed E-state index contributed by atoms with van der Waals surface area (Å²) in [7, 11) is 0. The van der Waals surface area contributed by atoms with Gasteiger partial charge in [0.25, 0.3) is 0 Å². The second kappa shape index (κ2) is 6.52. The summed E-state index contributed by atoms with van der Waals surface area (Å²) in [5.74, 6) is -0.963. The molecule has 0 unspecified atom stereocenters. The standard InChI is InChI=1S/C16H20N2O3S/c1-9-6-5-7-13(10(9)2)17-14(19)8-18-15(20)11(3)22-12(4)16(18)21/h5-7,11-12H,8H2,1-4H3,(H,17,19)/t11-,12-/m0/s1. The first-order valence-electron chi connectivity index (χ1n) is 7.18. The first-order chi connectivity index (χ1) is 10.3. The lowest BCUT2D eigenvalue weighted by Gasteiger charge is -2.31. The van der Waals surface area contributed by atoms with Crippen LogP contribution < -0.4 is 5.32 Å². The molecule has 0 aliphatic carbocycles. The van der Waals surface area contributed by atoms with E-state index in [4.69, 9.17) is 0 Å². The first-order valence-corrected chi connectivity index (χ1v) is 8.12. The maximum atomic E-state index is 12.2. The van der Waals surface area contributed by atoms with Gasteiger partial charge >= 0.3 is 0 Å². The lowest BCUT2D eigenvalue weighted by Crippen LogP contribution is -2.52. The van der Waals surface area contributed by atoms with Crippen molar-refractivity contribution in [3.63, 3.8) is 0 Å². The molecule has 2 rings (SSSR count). The van der Waals surface area contributed by atoms with Crippen molar-refractivity contribution in [1.82, 2.24) is 4.90 Å². The van der Waals surface area contributed by atoms with Crippen molar-refractivity contribution in [2.75, 3.05) is 11.9 Å². The van der Waals surface area contributed by atoms with Crippen LogP contribution in [0.5, 0.6) is 0 Å². The van der Waals surface area contributed by atoms with E-state index < -0.39 is 0 Å². The number of carbonyl (C=O) groups excluding carboxylic acids is 3. The first kappa shape index (κ1) is 16.5.